The molecule has 0 atom stereocenters. The summed E-state index contributed by atoms with van der Waals surface area (Å²) in [5.41, 5.74) is 8.53. The fourth-order valence-electron chi connectivity index (χ4n) is 1.77. The van der Waals surface area contributed by atoms with Crippen molar-refractivity contribution in [2.45, 2.75) is 39.0 Å². The largest absolute Gasteiger partial charge is 0.389 e. The van der Waals surface area contributed by atoms with Crippen molar-refractivity contribution in [1.82, 2.24) is 4.98 Å². The van der Waals surface area contributed by atoms with Crippen LogP contribution in [0.25, 0.3) is 0 Å². The number of aromatic nitrogens is 1. The Morgan fingerprint density at radius 3 is 2.33 bits per heavy atom. The minimum atomic E-state index is 0.0871. The fraction of sp³-hybridized carbons (Fsp3) is 0.400. The van der Waals surface area contributed by atoms with E-state index in [4.69, 9.17) is 5.73 Å². The van der Waals surface area contributed by atoms with Gasteiger partial charge in [0.25, 0.3) is 0 Å². The summed E-state index contributed by atoms with van der Waals surface area (Å²) in [7, 11) is 0. The molecule has 0 bridgehead atoms. The van der Waals surface area contributed by atoms with Crippen LogP contribution in [0.15, 0.2) is 30.3 Å². The molecule has 0 saturated heterocycles. The highest BCUT2D eigenvalue weighted by molar-refractivity contribution is 7.15. The quantitative estimate of drug-likeness (QED) is 0.911. The third-order valence-electron chi connectivity index (χ3n) is 2.86. The lowest BCUT2D eigenvalue weighted by atomic mass is 9.98. The highest BCUT2D eigenvalue weighted by Gasteiger charge is 2.20. The van der Waals surface area contributed by atoms with Crippen LogP contribution in [0.4, 0.5) is 5.00 Å². The number of nitrogens with zero attached hydrogens (tertiary/aromatic N) is 1. The molecule has 0 aliphatic carbocycles. The van der Waals surface area contributed by atoms with Gasteiger partial charge in [-0.1, -0.05) is 51.1 Å². The maximum atomic E-state index is 6.06. The molecule has 96 valence electrons. The van der Waals surface area contributed by atoms with Gasteiger partial charge in [0.2, 0.25) is 0 Å². The van der Waals surface area contributed by atoms with E-state index >= 15 is 0 Å². The highest BCUT2D eigenvalue weighted by Crippen LogP contribution is 2.31. The van der Waals surface area contributed by atoms with Gasteiger partial charge < -0.3 is 5.73 Å². The van der Waals surface area contributed by atoms with Crippen LogP contribution >= 0.6 is 11.3 Å². The Hall–Kier alpha value is -1.35. The van der Waals surface area contributed by atoms with Crippen molar-refractivity contribution in [1.29, 1.82) is 0 Å². The number of hydrogen-bond acceptors (Lipinski definition) is 3. The van der Waals surface area contributed by atoms with E-state index in [0.29, 0.717) is 0 Å². The molecule has 0 saturated carbocycles. The van der Waals surface area contributed by atoms with Gasteiger partial charge in [-0.15, -0.1) is 11.3 Å². The second-order valence-electron chi connectivity index (χ2n) is 5.57. The van der Waals surface area contributed by atoms with Crippen LogP contribution in [0.2, 0.25) is 0 Å². The summed E-state index contributed by atoms with van der Waals surface area (Å²) in [6, 6.07) is 10.5. The van der Waals surface area contributed by atoms with Gasteiger partial charge in [-0.2, -0.15) is 0 Å². The zero-order valence-corrected chi connectivity index (χ0v) is 12.1. The number of rotatable bonds is 3. The molecule has 0 aliphatic rings. The first-order chi connectivity index (χ1) is 8.47. The molecule has 0 amide bonds. The third kappa shape index (κ3) is 3.10. The van der Waals surface area contributed by atoms with E-state index in [-0.39, 0.29) is 5.41 Å². The second-order valence-corrected chi connectivity index (χ2v) is 6.60. The average molecular weight is 260 g/mol. The van der Waals surface area contributed by atoms with E-state index in [9.17, 15) is 0 Å². The number of nitrogen functional groups attached to an aromatic ring is 1. The molecule has 1 aromatic heterocycles. The van der Waals surface area contributed by atoms with Gasteiger partial charge in [0.1, 0.15) is 10.0 Å². The minimum absolute atomic E-state index is 0.0871. The Kier molecular flexibility index (Phi) is 3.71. The first kappa shape index (κ1) is 13.1. The number of hydrogen-bond donors (Lipinski definition) is 1. The van der Waals surface area contributed by atoms with Gasteiger partial charge in [0.15, 0.2) is 0 Å². The lowest BCUT2D eigenvalue weighted by Gasteiger charge is -2.13. The van der Waals surface area contributed by atoms with Gasteiger partial charge in [-0.3, -0.25) is 0 Å². The summed E-state index contributed by atoms with van der Waals surface area (Å²) in [6.45, 7) is 6.52. The van der Waals surface area contributed by atoms with E-state index in [1.54, 1.807) is 11.3 Å². The summed E-state index contributed by atoms with van der Waals surface area (Å²) in [5, 5.41) is 2.00. The summed E-state index contributed by atoms with van der Waals surface area (Å²) in [6.07, 6.45) is 1.92. The number of benzene rings is 1. The number of thiazole rings is 1. The molecule has 1 aromatic carbocycles. The van der Waals surface area contributed by atoms with Gasteiger partial charge in [0, 0.05) is 5.41 Å². The molecule has 2 N–H and O–H groups in total. The topological polar surface area (TPSA) is 38.9 Å². The van der Waals surface area contributed by atoms with E-state index in [1.807, 2.05) is 6.07 Å². The Morgan fingerprint density at radius 1 is 1.11 bits per heavy atom. The molecule has 0 unspecified atom stereocenters. The lowest BCUT2D eigenvalue weighted by Crippen LogP contribution is -2.10. The van der Waals surface area contributed by atoms with Crippen LogP contribution in [-0.2, 0) is 18.3 Å². The summed E-state index contributed by atoms with van der Waals surface area (Å²) in [4.78, 5) is 4.69. The normalized spacial score (nSPS) is 11.7. The molecule has 0 spiro atoms. The van der Waals surface area contributed by atoms with E-state index in [2.05, 4.69) is 50.0 Å². The molecule has 0 aliphatic heterocycles. The lowest BCUT2D eigenvalue weighted by molar-refractivity contribution is 0.583. The van der Waals surface area contributed by atoms with Crippen LogP contribution in [-0.4, -0.2) is 4.98 Å². The number of aryl methyl sites for hydroxylation is 2. The Balaban J connectivity index is 2.09. The third-order valence-corrected chi connectivity index (χ3v) is 4.22. The van der Waals surface area contributed by atoms with Crippen molar-refractivity contribution in [3.63, 3.8) is 0 Å². The van der Waals surface area contributed by atoms with Crippen molar-refractivity contribution in [3.05, 3.63) is 46.6 Å². The predicted molar refractivity (Wildman–Crippen MR) is 79.1 cm³/mol. The molecule has 2 aromatic rings. The Bertz CT molecular complexity index is 509. The SMILES string of the molecule is CC(C)(C)c1nc(CCc2ccccc2)c(N)s1. The maximum absolute atomic E-state index is 6.06. The first-order valence-corrected chi connectivity index (χ1v) is 7.08. The van der Waals surface area contributed by atoms with Crippen molar-refractivity contribution < 1.29 is 0 Å². The molecule has 0 radical (unpaired) electrons. The highest BCUT2D eigenvalue weighted by atomic mass is 32.1. The van der Waals surface area contributed by atoms with E-state index in [1.165, 1.54) is 5.56 Å². The summed E-state index contributed by atoms with van der Waals surface area (Å²) in [5.74, 6) is 0. The van der Waals surface area contributed by atoms with E-state index in [0.717, 1.165) is 28.5 Å². The molecule has 2 rings (SSSR count). The van der Waals surface area contributed by atoms with Crippen LogP contribution in [0.5, 0.6) is 0 Å². The van der Waals surface area contributed by atoms with E-state index < -0.39 is 0 Å². The van der Waals surface area contributed by atoms with Crippen molar-refractivity contribution in [3.8, 4) is 0 Å². The summed E-state index contributed by atoms with van der Waals surface area (Å²) >= 11 is 1.62. The molecule has 2 nitrogen and oxygen atoms in total. The first-order valence-electron chi connectivity index (χ1n) is 6.26. The minimum Gasteiger partial charge on any atom is -0.389 e. The smallest absolute Gasteiger partial charge is 0.109 e. The average Bonchev–Trinajstić information content (AvgIpc) is 2.69. The maximum Gasteiger partial charge on any atom is 0.109 e. The molecule has 0 fully saturated rings. The van der Waals surface area contributed by atoms with Crippen LogP contribution < -0.4 is 5.73 Å². The van der Waals surface area contributed by atoms with Crippen molar-refractivity contribution in [2.75, 3.05) is 5.73 Å². The molecular weight excluding hydrogens is 240 g/mol. The molecule has 18 heavy (non-hydrogen) atoms. The molecule has 1 heterocycles. The molecule has 3 heteroatoms. The second kappa shape index (κ2) is 5.11. The van der Waals surface area contributed by atoms with Gasteiger partial charge in [-0.05, 0) is 18.4 Å². The number of anilines is 1. The molecular formula is C15H20N2S. The zero-order chi connectivity index (χ0) is 13.2. The standard InChI is InChI=1S/C15H20N2S/c1-15(2,3)14-17-12(13(16)18-14)10-9-11-7-5-4-6-8-11/h4-8H,9-10,16H2,1-3H3. The van der Waals surface area contributed by atoms with Crippen molar-refractivity contribution >= 4 is 16.3 Å². The van der Waals surface area contributed by atoms with Gasteiger partial charge >= 0.3 is 0 Å². The fourth-order valence-corrected chi connectivity index (χ4v) is 2.71. The zero-order valence-electron chi connectivity index (χ0n) is 11.2. The van der Waals surface area contributed by atoms with Crippen LogP contribution in [0.1, 0.15) is 37.0 Å². The predicted octanol–water partition coefficient (Wildman–Crippen LogP) is 3.81. The number of nitrogens with two attached hydrogens (primary N) is 1. The summed E-state index contributed by atoms with van der Waals surface area (Å²) < 4.78 is 0. The van der Waals surface area contributed by atoms with Crippen molar-refractivity contribution in [2.24, 2.45) is 0 Å². The Labute approximate surface area is 113 Å². The van der Waals surface area contributed by atoms with Crippen LogP contribution in [0.3, 0.4) is 0 Å². The van der Waals surface area contributed by atoms with Gasteiger partial charge in [-0.25, -0.2) is 4.98 Å². The van der Waals surface area contributed by atoms with Crippen LogP contribution in [0, 0.1) is 0 Å². The van der Waals surface area contributed by atoms with Gasteiger partial charge in [0.05, 0.1) is 5.69 Å². The Morgan fingerprint density at radius 2 is 1.78 bits per heavy atom. The monoisotopic (exact) mass is 260 g/mol.